The summed E-state index contributed by atoms with van der Waals surface area (Å²) in [5.41, 5.74) is 12.1. The third-order valence-electron chi connectivity index (χ3n) is 1.59. The Kier molecular flexibility index (Phi) is 2.82. The van der Waals surface area contributed by atoms with Gasteiger partial charge >= 0.3 is 0 Å². The minimum Gasteiger partial charge on any atom is -0.384 e. The zero-order valence-electron chi connectivity index (χ0n) is 6.90. The smallest absolute Gasteiger partial charge is 0.123 e. The van der Waals surface area contributed by atoms with Crippen LogP contribution in [0.2, 0.25) is 0 Å². The summed E-state index contributed by atoms with van der Waals surface area (Å²) in [7, 11) is 0. The molecule has 0 saturated heterocycles. The number of nitrogens with zero attached hydrogens (tertiary/aromatic N) is 1. The summed E-state index contributed by atoms with van der Waals surface area (Å²) in [6, 6.07) is 5.36. The van der Waals surface area contributed by atoms with Gasteiger partial charge in [-0.1, -0.05) is 12.1 Å². The monoisotopic (exact) mass is 163 g/mol. The van der Waals surface area contributed by atoms with Crippen molar-refractivity contribution in [1.29, 1.82) is 0 Å². The van der Waals surface area contributed by atoms with Crippen molar-refractivity contribution in [2.24, 2.45) is 5.73 Å². The summed E-state index contributed by atoms with van der Waals surface area (Å²) in [4.78, 5) is 4.10. The van der Waals surface area contributed by atoms with Crippen LogP contribution in [0, 0.1) is 0 Å². The molecular weight excluding hydrogens is 150 g/mol. The fourth-order valence-corrected chi connectivity index (χ4v) is 0.976. The molecule has 0 unspecified atom stereocenters. The molecule has 0 aliphatic carbocycles. The maximum absolute atomic E-state index is 5.79. The summed E-state index contributed by atoms with van der Waals surface area (Å²) < 4.78 is 0. The lowest BCUT2D eigenvalue weighted by atomic mass is 10.1. The first-order valence-electron chi connectivity index (χ1n) is 3.83. The Morgan fingerprint density at radius 2 is 2.33 bits per heavy atom. The van der Waals surface area contributed by atoms with E-state index >= 15 is 0 Å². The lowest BCUT2D eigenvalue weighted by Crippen LogP contribution is -2.11. The van der Waals surface area contributed by atoms with E-state index in [9.17, 15) is 0 Å². The average Bonchev–Trinajstić information content (AvgIpc) is 2.05. The van der Waals surface area contributed by atoms with Crippen LogP contribution in [0.4, 0.5) is 5.82 Å². The Morgan fingerprint density at radius 1 is 1.58 bits per heavy atom. The van der Waals surface area contributed by atoms with Crippen molar-refractivity contribution in [3.05, 3.63) is 36.5 Å². The highest BCUT2D eigenvalue weighted by Gasteiger charge is 2.04. The number of hydrogen-bond donors (Lipinski definition) is 2. The Hall–Kier alpha value is -1.35. The quantitative estimate of drug-likeness (QED) is 0.659. The highest BCUT2D eigenvalue weighted by molar-refractivity contribution is 5.29. The molecule has 1 heterocycles. The van der Waals surface area contributed by atoms with Crippen molar-refractivity contribution >= 4 is 5.82 Å². The van der Waals surface area contributed by atoms with Gasteiger partial charge in [-0.05, 0) is 18.6 Å². The number of nitrogens with two attached hydrogens (primary N) is 2. The summed E-state index contributed by atoms with van der Waals surface area (Å²) in [5, 5.41) is 0. The van der Waals surface area contributed by atoms with E-state index in [0.29, 0.717) is 5.82 Å². The van der Waals surface area contributed by atoms with E-state index in [-0.39, 0.29) is 6.04 Å². The lowest BCUT2D eigenvalue weighted by Gasteiger charge is -2.07. The van der Waals surface area contributed by atoms with Crippen LogP contribution >= 0.6 is 0 Å². The standard InChI is InChI=1S/C9H13N3/c1-2-4-7(10)8-5-3-6-9(11)12-8/h2-3,5-7H,1,4,10H2,(H2,11,12)/t7-/m0/s1. The first-order valence-corrected chi connectivity index (χ1v) is 3.83. The van der Waals surface area contributed by atoms with Gasteiger partial charge in [-0.3, -0.25) is 0 Å². The molecule has 0 spiro atoms. The topological polar surface area (TPSA) is 64.9 Å². The summed E-state index contributed by atoms with van der Waals surface area (Å²) in [5.74, 6) is 0.506. The molecule has 0 aromatic carbocycles. The molecule has 3 heteroatoms. The van der Waals surface area contributed by atoms with Crippen LogP contribution in [0.25, 0.3) is 0 Å². The van der Waals surface area contributed by atoms with Crippen LogP contribution in [-0.4, -0.2) is 4.98 Å². The normalized spacial score (nSPS) is 12.4. The van der Waals surface area contributed by atoms with E-state index in [4.69, 9.17) is 11.5 Å². The Labute approximate surface area is 72.1 Å². The number of pyridine rings is 1. The minimum absolute atomic E-state index is 0.0917. The maximum Gasteiger partial charge on any atom is 0.123 e. The molecule has 64 valence electrons. The third-order valence-corrected chi connectivity index (χ3v) is 1.59. The zero-order valence-corrected chi connectivity index (χ0v) is 6.90. The highest BCUT2D eigenvalue weighted by Crippen LogP contribution is 2.12. The van der Waals surface area contributed by atoms with Crippen LogP contribution in [-0.2, 0) is 0 Å². The molecule has 0 radical (unpaired) electrons. The second-order valence-electron chi connectivity index (χ2n) is 2.62. The van der Waals surface area contributed by atoms with Gasteiger partial charge in [0.15, 0.2) is 0 Å². The van der Waals surface area contributed by atoms with E-state index in [2.05, 4.69) is 11.6 Å². The predicted molar refractivity (Wildman–Crippen MR) is 50.4 cm³/mol. The third kappa shape index (κ3) is 2.07. The van der Waals surface area contributed by atoms with Crippen LogP contribution in [0.1, 0.15) is 18.2 Å². The molecule has 12 heavy (non-hydrogen) atoms. The molecule has 1 rings (SSSR count). The maximum atomic E-state index is 5.79. The largest absolute Gasteiger partial charge is 0.384 e. The second-order valence-corrected chi connectivity index (χ2v) is 2.62. The van der Waals surface area contributed by atoms with E-state index in [0.717, 1.165) is 12.1 Å². The SMILES string of the molecule is C=CC[C@H](N)c1cccc(N)n1. The number of rotatable bonds is 3. The van der Waals surface area contributed by atoms with Crippen LogP contribution < -0.4 is 11.5 Å². The van der Waals surface area contributed by atoms with Crippen molar-refractivity contribution < 1.29 is 0 Å². The summed E-state index contributed by atoms with van der Waals surface area (Å²) in [6.07, 6.45) is 2.49. The number of nitrogen functional groups attached to an aromatic ring is 1. The van der Waals surface area contributed by atoms with Gasteiger partial charge in [0.2, 0.25) is 0 Å². The Balaban J connectivity index is 2.80. The minimum atomic E-state index is -0.0917. The molecule has 3 nitrogen and oxygen atoms in total. The molecule has 1 aromatic rings. The van der Waals surface area contributed by atoms with E-state index in [1.54, 1.807) is 12.1 Å². The molecule has 0 aliphatic rings. The van der Waals surface area contributed by atoms with Crippen LogP contribution in [0.3, 0.4) is 0 Å². The van der Waals surface area contributed by atoms with Gasteiger partial charge in [0, 0.05) is 0 Å². The molecule has 1 atom stereocenters. The Bertz CT molecular complexity index is 270. The molecule has 1 aromatic heterocycles. The van der Waals surface area contributed by atoms with Gasteiger partial charge in [0.25, 0.3) is 0 Å². The van der Waals surface area contributed by atoms with Gasteiger partial charge in [0.05, 0.1) is 11.7 Å². The van der Waals surface area contributed by atoms with Gasteiger partial charge in [-0.15, -0.1) is 6.58 Å². The number of anilines is 1. The molecule has 0 aliphatic heterocycles. The summed E-state index contributed by atoms with van der Waals surface area (Å²) in [6.45, 7) is 3.61. The fourth-order valence-electron chi connectivity index (χ4n) is 0.976. The van der Waals surface area contributed by atoms with Crippen molar-refractivity contribution in [3.8, 4) is 0 Å². The lowest BCUT2D eigenvalue weighted by molar-refractivity contribution is 0.715. The van der Waals surface area contributed by atoms with Crippen molar-refractivity contribution in [3.63, 3.8) is 0 Å². The molecular formula is C9H13N3. The van der Waals surface area contributed by atoms with Crippen molar-refractivity contribution in [2.45, 2.75) is 12.5 Å². The molecule has 0 saturated carbocycles. The van der Waals surface area contributed by atoms with Gasteiger partial charge in [0.1, 0.15) is 5.82 Å². The molecule has 0 bridgehead atoms. The first-order chi connectivity index (χ1) is 5.74. The fraction of sp³-hybridized carbons (Fsp3) is 0.222. The van der Waals surface area contributed by atoms with Crippen molar-refractivity contribution in [1.82, 2.24) is 4.98 Å². The van der Waals surface area contributed by atoms with Crippen LogP contribution in [0.5, 0.6) is 0 Å². The predicted octanol–water partition coefficient (Wildman–Crippen LogP) is 1.24. The van der Waals surface area contributed by atoms with Gasteiger partial charge < -0.3 is 11.5 Å². The first kappa shape index (κ1) is 8.74. The molecule has 0 fully saturated rings. The van der Waals surface area contributed by atoms with Gasteiger partial charge in [-0.2, -0.15) is 0 Å². The Morgan fingerprint density at radius 3 is 2.92 bits per heavy atom. The van der Waals surface area contributed by atoms with E-state index in [1.807, 2.05) is 12.1 Å². The van der Waals surface area contributed by atoms with E-state index < -0.39 is 0 Å². The number of aromatic nitrogens is 1. The van der Waals surface area contributed by atoms with Crippen molar-refractivity contribution in [2.75, 3.05) is 5.73 Å². The second kappa shape index (κ2) is 3.88. The average molecular weight is 163 g/mol. The molecule has 0 amide bonds. The van der Waals surface area contributed by atoms with E-state index in [1.165, 1.54) is 0 Å². The zero-order chi connectivity index (χ0) is 8.97. The highest BCUT2D eigenvalue weighted by atomic mass is 14.9. The molecule has 4 N–H and O–H groups in total. The van der Waals surface area contributed by atoms with Crippen LogP contribution in [0.15, 0.2) is 30.9 Å². The van der Waals surface area contributed by atoms with Gasteiger partial charge in [-0.25, -0.2) is 4.98 Å². The summed E-state index contributed by atoms with van der Waals surface area (Å²) >= 11 is 0. The number of hydrogen-bond acceptors (Lipinski definition) is 3.